The standard InChI is InChI=1S/C6H6N4O/c1-10-8-4-2-3-7-5(4)6(11)9-10/h2-3H,1H3,(H,9,11). The van der Waals surface area contributed by atoms with Crippen molar-refractivity contribution < 1.29 is 0 Å². The Bertz CT molecular complexity index is 402. The van der Waals surface area contributed by atoms with Crippen molar-refractivity contribution >= 4 is 0 Å². The molecular weight excluding hydrogens is 144 g/mol. The lowest BCUT2D eigenvalue weighted by Gasteiger charge is -1.98. The zero-order chi connectivity index (χ0) is 7.84. The average Bonchev–Trinajstić information content (AvgIpc) is 2.34. The van der Waals surface area contributed by atoms with Crippen molar-refractivity contribution in [3.63, 3.8) is 0 Å². The van der Waals surface area contributed by atoms with E-state index in [-0.39, 0.29) is 5.56 Å². The predicted molar refractivity (Wildman–Crippen MR) is 38.2 cm³/mol. The van der Waals surface area contributed by atoms with Crippen LogP contribution in [0, 0.1) is 0 Å². The van der Waals surface area contributed by atoms with Gasteiger partial charge in [-0.1, -0.05) is 0 Å². The van der Waals surface area contributed by atoms with Gasteiger partial charge in [0.05, 0.1) is 0 Å². The first-order valence-electron chi connectivity index (χ1n) is 3.15. The molecule has 2 aliphatic rings. The molecule has 0 spiro atoms. The fourth-order valence-corrected chi connectivity index (χ4v) is 0.970. The lowest BCUT2D eigenvalue weighted by Crippen LogP contribution is -2.19. The Kier molecular flexibility index (Phi) is 1.06. The monoisotopic (exact) mass is 150 g/mol. The molecule has 0 amide bonds. The molecule has 0 saturated heterocycles. The molecule has 0 bridgehead atoms. The number of aromatic nitrogens is 4. The van der Waals surface area contributed by atoms with Gasteiger partial charge in [0.25, 0.3) is 5.56 Å². The van der Waals surface area contributed by atoms with Gasteiger partial charge >= 0.3 is 0 Å². The Morgan fingerprint density at radius 1 is 1.64 bits per heavy atom. The second-order valence-corrected chi connectivity index (χ2v) is 2.24. The maximum Gasteiger partial charge on any atom is 0.291 e. The van der Waals surface area contributed by atoms with Crippen LogP contribution in [0.4, 0.5) is 0 Å². The highest BCUT2D eigenvalue weighted by Gasteiger charge is 2.08. The molecular formula is C6H6N4O. The minimum Gasteiger partial charge on any atom is -0.265 e. The van der Waals surface area contributed by atoms with E-state index >= 15 is 0 Å². The number of hydrogen-bond acceptors (Lipinski definition) is 3. The molecule has 5 heteroatoms. The lowest BCUT2D eigenvalue weighted by molar-refractivity contribution is 0.606. The van der Waals surface area contributed by atoms with Crippen LogP contribution in [-0.2, 0) is 7.05 Å². The summed E-state index contributed by atoms with van der Waals surface area (Å²) in [5.74, 6) is 0. The molecule has 0 unspecified atom stereocenters. The molecule has 2 rings (SSSR count). The van der Waals surface area contributed by atoms with Crippen molar-refractivity contribution in [2.75, 3.05) is 0 Å². The van der Waals surface area contributed by atoms with Gasteiger partial charge in [0, 0.05) is 13.2 Å². The van der Waals surface area contributed by atoms with E-state index in [0.29, 0.717) is 11.4 Å². The predicted octanol–water partition coefficient (Wildman–Crippen LogP) is -0.392. The van der Waals surface area contributed by atoms with Crippen molar-refractivity contribution in [2.24, 2.45) is 7.05 Å². The van der Waals surface area contributed by atoms with Crippen molar-refractivity contribution in [1.29, 1.82) is 0 Å². The maximum atomic E-state index is 11.1. The summed E-state index contributed by atoms with van der Waals surface area (Å²) >= 11 is 0. The van der Waals surface area contributed by atoms with Crippen LogP contribution >= 0.6 is 0 Å². The SMILES string of the molecule is Cn1nc2ccnc-2c(=O)[nH]1. The van der Waals surface area contributed by atoms with E-state index in [0.717, 1.165) is 0 Å². The first-order chi connectivity index (χ1) is 5.27. The minimum absolute atomic E-state index is 0.206. The van der Waals surface area contributed by atoms with Crippen LogP contribution in [0.5, 0.6) is 0 Å². The normalized spacial score (nSPS) is 10.6. The molecule has 0 radical (unpaired) electrons. The van der Waals surface area contributed by atoms with Crippen molar-refractivity contribution in [3.8, 4) is 11.4 Å². The van der Waals surface area contributed by atoms with Crippen LogP contribution in [-0.4, -0.2) is 20.0 Å². The molecule has 11 heavy (non-hydrogen) atoms. The number of aryl methyl sites for hydroxylation is 1. The summed E-state index contributed by atoms with van der Waals surface area (Å²) in [6, 6.07) is 1.70. The number of fused-ring (bicyclic) bond motifs is 1. The van der Waals surface area contributed by atoms with Gasteiger partial charge in [-0.25, -0.2) is 14.9 Å². The fraction of sp³-hybridized carbons (Fsp3) is 0.167. The Labute approximate surface area is 62.0 Å². The molecule has 0 aromatic heterocycles. The number of nitrogens with zero attached hydrogens (tertiary/aromatic N) is 3. The van der Waals surface area contributed by atoms with Gasteiger partial charge in [0.2, 0.25) is 0 Å². The number of aromatic amines is 1. The first-order valence-corrected chi connectivity index (χ1v) is 3.15. The van der Waals surface area contributed by atoms with E-state index in [1.54, 1.807) is 19.3 Å². The maximum absolute atomic E-state index is 11.1. The lowest BCUT2D eigenvalue weighted by atomic mass is 10.4. The van der Waals surface area contributed by atoms with E-state index in [1.807, 2.05) is 0 Å². The third-order valence-electron chi connectivity index (χ3n) is 1.41. The Balaban J connectivity index is 2.90. The summed E-state index contributed by atoms with van der Waals surface area (Å²) in [7, 11) is 1.66. The quantitative estimate of drug-likeness (QED) is 0.556. The molecule has 0 saturated carbocycles. The average molecular weight is 150 g/mol. The van der Waals surface area contributed by atoms with Gasteiger partial charge in [0.1, 0.15) is 5.69 Å². The smallest absolute Gasteiger partial charge is 0.265 e. The second kappa shape index (κ2) is 1.91. The molecule has 56 valence electrons. The highest BCUT2D eigenvalue weighted by molar-refractivity contribution is 5.52. The molecule has 2 aliphatic heterocycles. The van der Waals surface area contributed by atoms with Gasteiger partial charge in [-0.05, 0) is 6.07 Å². The Hall–Kier alpha value is -1.65. The number of hydrogen-bond donors (Lipinski definition) is 1. The Morgan fingerprint density at radius 3 is 3.27 bits per heavy atom. The summed E-state index contributed by atoms with van der Waals surface area (Å²) in [6.45, 7) is 0. The molecule has 5 nitrogen and oxygen atoms in total. The molecule has 0 aromatic rings. The van der Waals surface area contributed by atoms with Crippen molar-refractivity contribution in [3.05, 3.63) is 22.6 Å². The van der Waals surface area contributed by atoms with Crippen LogP contribution in [0.15, 0.2) is 17.1 Å². The minimum atomic E-state index is -0.206. The first kappa shape index (κ1) is 6.09. The topological polar surface area (TPSA) is 63.6 Å². The van der Waals surface area contributed by atoms with Crippen LogP contribution in [0.1, 0.15) is 0 Å². The molecule has 1 N–H and O–H groups in total. The van der Waals surface area contributed by atoms with Gasteiger partial charge in [-0.2, -0.15) is 5.10 Å². The molecule has 2 heterocycles. The van der Waals surface area contributed by atoms with E-state index in [1.165, 1.54) is 4.80 Å². The van der Waals surface area contributed by atoms with E-state index in [4.69, 9.17) is 0 Å². The Morgan fingerprint density at radius 2 is 2.45 bits per heavy atom. The summed E-state index contributed by atoms with van der Waals surface area (Å²) < 4.78 is 0. The number of H-pyrrole nitrogens is 1. The largest absolute Gasteiger partial charge is 0.291 e. The highest BCUT2D eigenvalue weighted by atomic mass is 16.1. The van der Waals surface area contributed by atoms with E-state index in [2.05, 4.69) is 15.2 Å². The van der Waals surface area contributed by atoms with Gasteiger partial charge in [0.15, 0.2) is 5.69 Å². The van der Waals surface area contributed by atoms with Crippen LogP contribution in [0.25, 0.3) is 11.4 Å². The second-order valence-electron chi connectivity index (χ2n) is 2.24. The number of nitrogens with one attached hydrogen (secondary N) is 1. The van der Waals surface area contributed by atoms with Crippen LogP contribution < -0.4 is 5.56 Å². The van der Waals surface area contributed by atoms with Crippen molar-refractivity contribution in [1.82, 2.24) is 20.0 Å². The van der Waals surface area contributed by atoms with Crippen LogP contribution in [0.2, 0.25) is 0 Å². The molecule has 0 fully saturated rings. The zero-order valence-corrected chi connectivity index (χ0v) is 5.90. The van der Waals surface area contributed by atoms with E-state index < -0.39 is 0 Å². The third-order valence-corrected chi connectivity index (χ3v) is 1.41. The fourth-order valence-electron chi connectivity index (χ4n) is 0.970. The van der Waals surface area contributed by atoms with Crippen LogP contribution in [0.3, 0.4) is 0 Å². The molecule has 0 atom stereocenters. The zero-order valence-electron chi connectivity index (χ0n) is 5.90. The van der Waals surface area contributed by atoms with Gasteiger partial charge in [-0.3, -0.25) is 4.79 Å². The van der Waals surface area contributed by atoms with E-state index in [9.17, 15) is 4.79 Å². The summed E-state index contributed by atoms with van der Waals surface area (Å²) in [5, 5.41) is 6.48. The van der Waals surface area contributed by atoms with Gasteiger partial charge < -0.3 is 0 Å². The van der Waals surface area contributed by atoms with Gasteiger partial charge in [-0.15, -0.1) is 0 Å². The van der Waals surface area contributed by atoms with Crippen molar-refractivity contribution in [2.45, 2.75) is 0 Å². The third kappa shape index (κ3) is 0.813. The summed E-state index contributed by atoms with van der Waals surface area (Å²) in [6.07, 6.45) is 1.56. The molecule has 0 aliphatic carbocycles. The highest BCUT2D eigenvalue weighted by Crippen LogP contribution is 2.08. The summed E-state index contributed by atoms with van der Waals surface area (Å²) in [4.78, 5) is 16.3. The molecule has 0 aromatic carbocycles. The summed E-state index contributed by atoms with van der Waals surface area (Å²) in [5.41, 5.74) is 0.807. The number of rotatable bonds is 0.